The highest BCUT2D eigenvalue weighted by Crippen LogP contribution is 2.20. The van der Waals surface area contributed by atoms with Gasteiger partial charge in [0.25, 0.3) is 0 Å². The highest BCUT2D eigenvalue weighted by molar-refractivity contribution is 7.90. The summed E-state index contributed by atoms with van der Waals surface area (Å²) in [6.07, 6.45) is 8.51. The molecule has 0 aromatic carbocycles. The van der Waals surface area contributed by atoms with Gasteiger partial charge in [-0.3, -0.25) is 4.79 Å². The van der Waals surface area contributed by atoms with Crippen molar-refractivity contribution in [1.82, 2.24) is 5.32 Å². The van der Waals surface area contributed by atoms with Crippen LogP contribution < -0.4 is 11.1 Å². The third-order valence-corrected chi connectivity index (χ3v) is 4.64. The van der Waals surface area contributed by atoms with Gasteiger partial charge in [-0.25, -0.2) is 8.42 Å². The molecule has 0 radical (unpaired) electrons. The average Bonchev–Trinajstić information content (AvgIpc) is 2.44. The molecule has 1 aliphatic carbocycles. The Balaban J connectivity index is 2.04. The highest BCUT2D eigenvalue weighted by atomic mass is 32.2. The summed E-state index contributed by atoms with van der Waals surface area (Å²) in [7, 11) is -3.07. The second kappa shape index (κ2) is 9.38. The molecule has 1 atom stereocenters. The van der Waals surface area contributed by atoms with E-state index in [1.807, 2.05) is 0 Å². The van der Waals surface area contributed by atoms with E-state index in [-0.39, 0.29) is 18.1 Å². The van der Waals surface area contributed by atoms with Gasteiger partial charge < -0.3 is 15.8 Å². The average molecular weight is 320 g/mol. The minimum Gasteiger partial charge on any atom is -0.378 e. The van der Waals surface area contributed by atoms with Gasteiger partial charge in [-0.05, 0) is 25.7 Å². The fraction of sp³-hybridized carbons (Fsp3) is 0.929. The lowest BCUT2D eigenvalue weighted by Crippen LogP contribution is -2.42. The molecule has 1 saturated carbocycles. The van der Waals surface area contributed by atoms with E-state index >= 15 is 0 Å². The number of carbonyl (C=O) groups is 1. The van der Waals surface area contributed by atoms with Crippen molar-refractivity contribution < 1.29 is 17.9 Å². The van der Waals surface area contributed by atoms with Gasteiger partial charge in [0, 0.05) is 19.4 Å². The zero-order valence-electron chi connectivity index (χ0n) is 12.8. The molecular weight excluding hydrogens is 292 g/mol. The van der Waals surface area contributed by atoms with Crippen LogP contribution in [0, 0.1) is 0 Å². The lowest BCUT2D eigenvalue weighted by molar-refractivity contribution is -0.122. The molecule has 124 valence electrons. The van der Waals surface area contributed by atoms with E-state index in [4.69, 9.17) is 10.5 Å². The Morgan fingerprint density at radius 1 is 1.33 bits per heavy atom. The van der Waals surface area contributed by atoms with Gasteiger partial charge in [0.05, 0.1) is 17.9 Å². The van der Waals surface area contributed by atoms with E-state index in [9.17, 15) is 13.2 Å². The molecule has 1 amide bonds. The van der Waals surface area contributed by atoms with Gasteiger partial charge >= 0.3 is 0 Å². The van der Waals surface area contributed by atoms with E-state index in [0.29, 0.717) is 19.3 Å². The van der Waals surface area contributed by atoms with Crippen LogP contribution in [0.25, 0.3) is 0 Å². The van der Waals surface area contributed by atoms with Gasteiger partial charge in [-0.1, -0.05) is 19.3 Å². The maximum Gasteiger partial charge on any atom is 0.236 e. The fourth-order valence-electron chi connectivity index (χ4n) is 2.37. The first-order valence-electron chi connectivity index (χ1n) is 7.71. The highest BCUT2D eigenvalue weighted by Gasteiger charge is 2.16. The Kier molecular flexibility index (Phi) is 8.21. The molecule has 7 heteroatoms. The summed E-state index contributed by atoms with van der Waals surface area (Å²) >= 11 is 0. The normalized spacial score (nSPS) is 18.4. The van der Waals surface area contributed by atoms with Crippen molar-refractivity contribution in [2.45, 2.75) is 57.1 Å². The third kappa shape index (κ3) is 9.06. The summed E-state index contributed by atoms with van der Waals surface area (Å²) in [6.45, 7) is 1.15. The van der Waals surface area contributed by atoms with Crippen LogP contribution in [0.4, 0.5) is 0 Å². The molecule has 6 nitrogen and oxygen atoms in total. The molecule has 1 fully saturated rings. The van der Waals surface area contributed by atoms with E-state index in [0.717, 1.165) is 25.5 Å². The molecule has 0 heterocycles. The van der Waals surface area contributed by atoms with Crippen molar-refractivity contribution in [3.63, 3.8) is 0 Å². The second-order valence-corrected chi connectivity index (χ2v) is 8.06. The van der Waals surface area contributed by atoms with Gasteiger partial charge in [0.2, 0.25) is 5.91 Å². The Morgan fingerprint density at radius 3 is 2.62 bits per heavy atom. The van der Waals surface area contributed by atoms with Gasteiger partial charge in [0.1, 0.15) is 9.84 Å². The number of ether oxygens (including phenoxy) is 1. The molecule has 1 aliphatic rings. The molecule has 1 rings (SSSR count). The number of nitrogens with two attached hydrogens (primary N) is 1. The molecule has 21 heavy (non-hydrogen) atoms. The van der Waals surface area contributed by atoms with Crippen molar-refractivity contribution in [3.8, 4) is 0 Å². The Hall–Kier alpha value is -0.660. The summed E-state index contributed by atoms with van der Waals surface area (Å²) in [6, 6.07) is -0.765. The topological polar surface area (TPSA) is 98.5 Å². The Bertz CT molecular complexity index is 405. The summed E-state index contributed by atoms with van der Waals surface area (Å²) in [5.41, 5.74) is 5.65. The molecule has 0 saturated heterocycles. The Labute approximate surface area is 127 Å². The van der Waals surface area contributed by atoms with Crippen LogP contribution >= 0.6 is 0 Å². The summed E-state index contributed by atoms with van der Waals surface area (Å²) in [5.74, 6) is -0.358. The van der Waals surface area contributed by atoms with Crippen LogP contribution in [0.5, 0.6) is 0 Å². The predicted molar refractivity (Wildman–Crippen MR) is 82.8 cm³/mol. The lowest BCUT2D eigenvalue weighted by Gasteiger charge is -2.22. The molecule has 0 aliphatic heterocycles. The van der Waals surface area contributed by atoms with Crippen LogP contribution in [0.2, 0.25) is 0 Å². The zero-order valence-corrected chi connectivity index (χ0v) is 13.7. The zero-order chi connectivity index (χ0) is 15.7. The number of nitrogens with one attached hydrogen (secondary N) is 1. The molecule has 0 aromatic rings. The number of amides is 1. The Morgan fingerprint density at radius 2 is 2.00 bits per heavy atom. The van der Waals surface area contributed by atoms with Crippen molar-refractivity contribution in [2.24, 2.45) is 5.73 Å². The summed E-state index contributed by atoms with van der Waals surface area (Å²) in [4.78, 5) is 11.7. The van der Waals surface area contributed by atoms with E-state index < -0.39 is 15.9 Å². The maximum atomic E-state index is 11.7. The predicted octanol–water partition coefficient (Wildman–Crippen LogP) is 0.604. The van der Waals surface area contributed by atoms with E-state index in [1.54, 1.807) is 0 Å². The third-order valence-electron chi connectivity index (χ3n) is 3.66. The molecule has 0 aromatic heterocycles. The summed E-state index contributed by atoms with van der Waals surface area (Å²) in [5, 5.41) is 2.72. The SMILES string of the molecule is CS(=O)(=O)CCC(N)C(=O)NCCCOC1CCCCC1. The van der Waals surface area contributed by atoms with Crippen LogP contribution in [0.1, 0.15) is 44.9 Å². The van der Waals surface area contributed by atoms with Crippen molar-refractivity contribution in [1.29, 1.82) is 0 Å². The van der Waals surface area contributed by atoms with E-state index in [1.165, 1.54) is 19.3 Å². The molecule has 0 bridgehead atoms. The molecule has 3 N–H and O–H groups in total. The van der Waals surface area contributed by atoms with Crippen LogP contribution in [0.3, 0.4) is 0 Å². The lowest BCUT2D eigenvalue weighted by atomic mass is 9.98. The number of hydrogen-bond acceptors (Lipinski definition) is 5. The van der Waals surface area contributed by atoms with E-state index in [2.05, 4.69) is 5.32 Å². The van der Waals surface area contributed by atoms with Gasteiger partial charge in [-0.2, -0.15) is 0 Å². The molecule has 1 unspecified atom stereocenters. The second-order valence-electron chi connectivity index (χ2n) is 5.80. The smallest absolute Gasteiger partial charge is 0.236 e. The standard InChI is InChI=1S/C14H28N2O4S/c1-21(18,19)11-8-13(15)14(17)16-9-5-10-20-12-6-3-2-4-7-12/h12-13H,2-11,15H2,1H3,(H,16,17). The maximum absolute atomic E-state index is 11.7. The minimum atomic E-state index is -3.07. The number of hydrogen-bond donors (Lipinski definition) is 2. The minimum absolute atomic E-state index is 0.0631. The number of carbonyl (C=O) groups excluding carboxylic acids is 1. The van der Waals surface area contributed by atoms with Gasteiger partial charge in [0.15, 0.2) is 0 Å². The quantitative estimate of drug-likeness (QED) is 0.606. The largest absolute Gasteiger partial charge is 0.378 e. The van der Waals surface area contributed by atoms with Crippen molar-refractivity contribution in [3.05, 3.63) is 0 Å². The van der Waals surface area contributed by atoms with Crippen molar-refractivity contribution in [2.75, 3.05) is 25.2 Å². The number of sulfone groups is 1. The molecular formula is C14H28N2O4S. The van der Waals surface area contributed by atoms with Crippen molar-refractivity contribution >= 4 is 15.7 Å². The van der Waals surface area contributed by atoms with Crippen LogP contribution in [-0.2, 0) is 19.4 Å². The first-order valence-corrected chi connectivity index (χ1v) is 9.77. The first kappa shape index (κ1) is 18.4. The van der Waals surface area contributed by atoms with Crippen LogP contribution in [-0.4, -0.2) is 51.6 Å². The molecule has 0 spiro atoms. The fourth-order valence-corrected chi connectivity index (χ4v) is 3.05. The number of rotatable bonds is 9. The monoisotopic (exact) mass is 320 g/mol. The van der Waals surface area contributed by atoms with Crippen LogP contribution in [0.15, 0.2) is 0 Å². The first-order chi connectivity index (χ1) is 9.88. The summed E-state index contributed by atoms with van der Waals surface area (Å²) < 4.78 is 27.8. The van der Waals surface area contributed by atoms with Gasteiger partial charge in [-0.15, -0.1) is 0 Å².